The molecule has 0 aromatic heterocycles. The van der Waals surface area contributed by atoms with Crippen molar-refractivity contribution in [3.05, 3.63) is 58.6 Å². The van der Waals surface area contributed by atoms with E-state index in [0.717, 1.165) is 11.6 Å². The highest BCUT2D eigenvalue weighted by atomic mass is 35.5. The lowest BCUT2D eigenvalue weighted by atomic mass is 10.1. The van der Waals surface area contributed by atoms with Crippen molar-refractivity contribution in [1.29, 1.82) is 0 Å². The second-order valence-corrected chi connectivity index (χ2v) is 10.0. The summed E-state index contributed by atoms with van der Waals surface area (Å²) in [5.41, 5.74) is 1.22. The Morgan fingerprint density at radius 2 is 1.87 bits per heavy atom. The maximum Gasteiger partial charge on any atom is 0.406 e. The Kier molecular flexibility index (Phi) is 6.57. The van der Waals surface area contributed by atoms with Crippen molar-refractivity contribution < 1.29 is 26.4 Å². The normalized spacial score (nSPS) is 14.1. The lowest BCUT2D eigenvalue weighted by molar-refractivity contribution is -0.141. The zero-order chi connectivity index (χ0) is 23.0. The molecule has 1 amide bonds. The molecule has 0 bridgehead atoms. The van der Waals surface area contributed by atoms with Gasteiger partial charge in [-0.1, -0.05) is 43.6 Å². The summed E-state index contributed by atoms with van der Waals surface area (Å²) in [5, 5.41) is -0.104. The highest BCUT2D eigenvalue weighted by molar-refractivity contribution is 7.93. The quantitative estimate of drug-likeness (QED) is 0.607. The number of nitrogens with zero attached hydrogens (tertiary/aromatic N) is 2. The van der Waals surface area contributed by atoms with E-state index in [9.17, 15) is 26.4 Å². The van der Waals surface area contributed by atoms with E-state index in [1.165, 1.54) is 16.4 Å². The summed E-state index contributed by atoms with van der Waals surface area (Å²) in [6, 6.07) is 10.6. The van der Waals surface area contributed by atoms with Crippen LogP contribution < -0.4 is 4.31 Å². The number of hydrogen-bond acceptors (Lipinski definition) is 3. The maximum atomic E-state index is 13.3. The van der Waals surface area contributed by atoms with Gasteiger partial charge in [-0.2, -0.15) is 13.2 Å². The molecule has 1 aliphatic heterocycles. The van der Waals surface area contributed by atoms with Crippen molar-refractivity contribution >= 4 is 33.2 Å². The van der Waals surface area contributed by atoms with Crippen molar-refractivity contribution in [3.63, 3.8) is 0 Å². The van der Waals surface area contributed by atoms with Crippen molar-refractivity contribution in [3.8, 4) is 0 Å². The van der Waals surface area contributed by atoms with E-state index >= 15 is 0 Å². The van der Waals surface area contributed by atoms with E-state index < -0.39 is 28.7 Å². The van der Waals surface area contributed by atoms with Crippen LogP contribution in [0, 0.1) is 5.92 Å². The molecule has 2 aromatic rings. The van der Waals surface area contributed by atoms with Gasteiger partial charge in [-0.3, -0.25) is 9.10 Å². The van der Waals surface area contributed by atoms with Crippen LogP contribution in [-0.2, 0) is 16.4 Å². The Morgan fingerprint density at radius 3 is 2.52 bits per heavy atom. The first-order valence-corrected chi connectivity index (χ1v) is 11.5. The van der Waals surface area contributed by atoms with E-state index in [2.05, 4.69) is 0 Å². The average molecular weight is 475 g/mol. The number of para-hydroxylation sites is 1. The molecule has 0 saturated carbocycles. The minimum absolute atomic E-state index is 0.104. The van der Waals surface area contributed by atoms with Gasteiger partial charge < -0.3 is 4.90 Å². The predicted molar refractivity (Wildman–Crippen MR) is 113 cm³/mol. The van der Waals surface area contributed by atoms with Gasteiger partial charge in [0.2, 0.25) is 0 Å². The van der Waals surface area contributed by atoms with Crippen LogP contribution in [0.25, 0.3) is 0 Å². The molecular formula is C21H22ClF3N2O3S. The third-order valence-corrected chi connectivity index (χ3v) is 7.13. The van der Waals surface area contributed by atoms with E-state index in [1.807, 2.05) is 12.1 Å². The van der Waals surface area contributed by atoms with E-state index in [4.69, 9.17) is 11.6 Å². The fraction of sp³-hybridized carbons (Fsp3) is 0.381. The number of rotatable bonds is 6. The standard InChI is InChI=1S/C21H22ClF3N2O3S/c1-14(2)12-26(13-21(23,24)25)20(28)16-7-8-17(22)19(11-16)31(29,30)27-10-9-15-5-3-4-6-18(15)27/h3-8,11,14H,9-10,12-13H2,1-2H3. The monoisotopic (exact) mass is 474 g/mol. The number of fused-ring (bicyclic) bond motifs is 1. The predicted octanol–water partition coefficient (Wildman–Crippen LogP) is 4.75. The SMILES string of the molecule is CC(C)CN(CC(F)(F)F)C(=O)c1ccc(Cl)c(S(=O)(=O)N2CCc3ccccc32)c1. The molecule has 0 aliphatic carbocycles. The molecule has 5 nitrogen and oxygen atoms in total. The van der Waals surface area contributed by atoms with E-state index in [0.29, 0.717) is 17.0 Å². The zero-order valence-corrected chi connectivity index (χ0v) is 18.6. The molecule has 0 N–H and O–H groups in total. The molecule has 10 heteroatoms. The van der Waals surface area contributed by atoms with Gasteiger partial charge in [-0.15, -0.1) is 0 Å². The second kappa shape index (κ2) is 8.70. The van der Waals surface area contributed by atoms with Crippen molar-refractivity contribution in [2.24, 2.45) is 5.92 Å². The van der Waals surface area contributed by atoms with Crippen LogP contribution in [0.5, 0.6) is 0 Å². The van der Waals surface area contributed by atoms with Crippen LogP contribution in [0.2, 0.25) is 5.02 Å². The molecule has 168 valence electrons. The first-order valence-electron chi connectivity index (χ1n) is 9.66. The lowest BCUT2D eigenvalue weighted by Crippen LogP contribution is -2.41. The number of halogens is 4. The zero-order valence-electron chi connectivity index (χ0n) is 17.0. The van der Waals surface area contributed by atoms with Crippen molar-refractivity contribution in [2.75, 3.05) is 23.9 Å². The van der Waals surface area contributed by atoms with Crippen LogP contribution >= 0.6 is 11.6 Å². The van der Waals surface area contributed by atoms with Gasteiger partial charge in [0.1, 0.15) is 11.4 Å². The smallest absolute Gasteiger partial charge is 0.329 e. The summed E-state index contributed by atoms with van der Waals surface area (Å²) in [6.45, 7) is 2.05. The molecule has 31 heavy (non-hydrogen) atoms. The summed E-state index contributed by atoms with van der Waals surface area (Å²) in [7, 11) is -4.11. The molecule has 0 radical (unpaired) electrons. The summed E-state index contributed by atoms with van der Waals surface area (Å²) in [6.07, 6.45) is -4.05. The van der Waals surface area contributed by atoms with Gasteiger partial charge in [0.15, 0.2) is 0 Å². The Balaban J connectivity index is 1.98. The summed E-state index contributed by atoms with van der Waals surface area (Å²) >= 11 is 6.15. The largest absolute Gasteiger partial charge is 0.406 e. The number of hydrogen-bond donors (Lipinski definition) is 0. The summed E-state index contributed by atoms with van der Waals surface area (Å²) in [4.78, 5) is 13.2. The first-order chi connectivity index (χ1) is 14.4. The summed E-state index contributed by atoms with van der Waals surface area (Å²) in [5.74, 6) is -1.11. The Bertz CT molecular complexity index is 1090. The van der Waals surface area contributed by atoms with Gasteiger partial charge in [0, 0.05) is 18.7 Å². The molecule has 0 unspecified atom stereocenters. The van der Waals surface area contributed by atoms with Crippen LogP contribution in [-0.4, -0.2) is 45.0 Å². The third kappa shape index (κ3) is 5.15. The van der Waals surface area contributed by atoms with Crippen LogP contribution in [0.1, 0.15) is 29.8 Å². The number of benzene rings is 2. The summed E-state index contributed by atoms with van der Waals surface area (Å²) < 4.78 is 66.8. The van der Waals surface area contributed by atoms with Gasteiger partial charge in [0.05, 0.1) is 10.7 Å². The molecule has 0 fully saturated rings. The Morgan fingerprint density at radius 1 is 1.19 bits per heavy atom. The maximum absolute atomic E-state index is 13.3. The number of carbonyl (C=O) groups excluding carboxylic acids is 1. The van der Waals surface area contributed by atoms with E-state index in [-0.39, 0.29) is 34.5 Å². The molecule has 0 saturated heterocycles. The van der Waals surface area contributed by atoms with Crippen LogP contribution in [0.3, 0.4) is 0 Å². The van der Waals surface area contributed by atoms with E-state index in [1.54, 1.807) is 26.0 Å². The minimum Gasteiger partial charge on any atom is -0.329 e. The van der Waals surface area contributed by atoms with Gasteiger partial charge in [0.25, 0.3) is 15.9 Å². The van der Waals surface area contributed by atoms with Crippen LogP contribution in [0.15, 0.2) is 47.4 Å². The molecule has 1 aliphatic rings. The Hall–Kier alpha value is -2.26. The highest BCUT2D eigenvalue weighted by Gasteiger charge is 2.35. The van der Waals surface area contributed by atoms with Crippen molar-refractivity contribution in [1.82, 2.24) is 4.90 Å². The molecule has 2 aromatic carbocycles. The topological polar surface area (TPSA) is 57.7 Å². The highest BCUT2D eigenvalue weighted by Crippen LogP contribution is 2.35. The number of alkyl halides is 3. The van der Waals surface area contributed by atoms with Crippen LogP contribution in [0.4, 0.5) is 18.9 Å². The fourth-order valence-electron chi connectivity index (χ4n) is 3.57. The van der Waals surface area contributed by atoms with Crippen molar-refractivity contribution in [2.45, 2.75) is 31.3 Å². The second-order valence-electron chi connectivity index (χ2n) is 7.80. The average Bonchev–Trinajstić information content (AvgIpc) is 3.10. The molecule has 3 rings (SSSR count). The van der Waals surface area contributed by atoms with Gasteiger partial charge >= 0.3 is 6.18 Å². The molecule has 0 spiro atoms. The molecule has 1 heterocycles. The first kappa shape index (κ1) is 23.4. The molecule has 0 atom stereocenters. The fourth-order valence-corrected chi connectivity index (χ4v) is 5.58. The lowest BCUT2D eigenvalue weighted by Gasteiger charge is -2.26. The third-order valence-electron chi connectivity index (χ3n) is 4.83. The molecular weight excluding hydrogens is 453 g/mol. The number of amides is 1. The number of sulfonamides is 1. The minimum atomic E-state index is -4.58. The number of anilines is 1. The number of carbonyl (C=O) groups is 1. The van der Waals surface area contributed by atoms with Gasteiger partial charge in [-0.05, 0) is 42.2 Å². The van der Waals surface area contributed by atoms with Gasteiger partial charge in [-0.25, -0.2) is 8.42 Å². The Labute approximate surface area is 184 Å².